The highest BCUT2D eigenvalue weighted by Gasteiger charge is 2.11. The van der Waals surface area contributed by atoms with Gasteiger partial charge in [-0.2, -0.15) is 0 Å². The van der Waals surface area contributed by atoms with Gasteiger partial charge in [0.2, 0.25) is 0 Å². The summed E-state index contributed by atoms with van der Waals surface area (Å²) in [6.07, 6.45) is 3.94. The van der Waals surface area contributed by atoms with Crippen molar-refractivity contribution in [2.24, 2.45) is 0 Å². The maximum absolute atomic E-state index is 13.1. The number of halogens is 1. The van der Waals surface area contributed by atoms with E-state index in [9.17, 15) is 9.18 Å². The van der Waals surface area contributed by atoms with E-state index in [0.717, 1.165) is 28.0 Å². The van der Waals surface area contributed by atoms with Crippen molar-refractivity contribution in [3.8, 4) is 11.3 Å². The summed E-state index contributed by atoms with van der Waals surface area (Å²) < 4.78 is 15.0. The maximum Gasteiger partial charge on any atom is 0.255 e. The van der Waals surface area contributed by atoms with E-state index >= 15 is 0 Å². The molecule has 0 saturated carbocycles. The number of nitrogens with zero attached hydrogens (tertiary/aromatic N) is 2. The second kappa shape index (κ2) is 6.68. The van der Waals surface area contributed by atoms with Crippen molar-refractivity contribution in [2.75, 3.05) is 5.32 Å². The molecule has 27 heavy (non-hydrogen) atoms. The minimum absolute atomic E-state index is 0.277. The quantitative estimate of drug-likeness (QED) is 0.559. The van der Waals surface area contributed by atoms with Gasteiger partial charge in [-0.3, -0.25) is 4.79 Å². The van der Waals surface area contributed by atoms with Gasteiger partial charge in [-0.1, -0.05) is 12.1 Å². The standard InChI is InChI=1S/C22H18FN3O/c1-14-9-10-26-13-20(24-21(26)11-14)17-4-3-15(2)19(12-17)25-22(27)16-5-7-18(23)8-6-16/h3-13H,1-2H3,(H,25,27). The fourth-order valence-electron chi connectivity index (χ4n) is 2.93. The van der Waals surface area contributed by atoms with Crippen LogP contribution >= 0.6 is 0 Å². The highest BCUT2D eigenvalue weighted by molar-refractivity contribution is 6.04. The molecule has 2 aromatic carbocycles. The molecule has 0 aliphatic rings. The van der Waals surface area contributed by atoms with Crippen molar-refractivity contribution in [1.82, 2.24) is 9.38 Å². The van der Waals surface area contributed by atoms with Crippen LogP contribution in [-0.2, 0) is 0 Å². The molecule has 1 N–H and O–H groups in total. The first kappa shape index (κ1) is 17.0. The van der Waals surface area contributed by atoms with E-state index < -0.39 is 0 Å². The number of benzene rings is 2. The lowest BCUT2D eigenvalue weighted by atomic mass is 10.1. The summed E-state index contributed by atoms with van der Waals surface area (Å²) >= 11 is 0. The molecule has 4 aromatic rings. The Morgan fingerprint density at radius 1 is 1.04 bits per heavy atom. The third-order valence-corrected chi connectivity index (χ3v) is 4.50. The number of hydrogen-bond donors (Lipinski definition) is 1. The van der Waals surface area contributed by atoms with Gasteiger partial charge in [0.1, 0.15) is 11.5 Å². The van der Waals surface area contributed by atoms with E-state index in [1.807, 2.05) is 61.0 Å². The zero-order chi connectivity index (χ0) is 19.0. The van der Waals surface area contributed by atoms with Crippen molar-refractivity contribution in [3.05, 3.63) is 89.5 Å². The molecule has 0 aliphatic heterocycles. The number of nitrogens with one attached hydrogen (secondary N) is 1. The number of imidazole rings is 1. The Hall–Kier alpha value is -3.47. The first-order chi connectivity index (χ1) is 13.0. The molecular weight excluding hydrogens is 341 g/mol. The monoisotopic (exact) mass is 359 g/mol. The van der Waals surface area contributed by atoms with Crippen molar-refractivity contribution >= 4 is 17.2 Å². The molecule has 5 heteroatoms. The lowest BCUT2D eigenvalue weighted by Crippen LogP contribution is -2.12. The Morgan fingerprint density at radius 2 is 1.81 bits per heavy atom. The van der Waals surface area contributed by atoms with Crippen LogP contribution < -0.4 is 5.32 Å². The van der Waals surface area contributed by atoms with Crippen LogP contribution in [0.5, 0.6) is 0 Å². The number of hydrogen-bond acceptors (Lipinski definition) is 2. The average molecular weight is 359 g/mol. The van der Waals surface area contributed by atoms with E-state index in [-0.39, 0.29) is 11.7 Å². The van der Waals surface area contributed by atoms with Gasteiger partial charge in [-0.25, -0.2) is 9.37 Å². The summed E-state index contributed by atoms with van der Waals surface area (Å²) in [6, 6.07) is 15.4. The zero-order valence-corrected chi connectivity index (χ0v) is 15.0. The molecular formula is C22H18FN3O. The zero-order valence-electron chi connectivity index (χ0n) is 15.0. The molecule has 0 unspecified atom stereocenters. The van der Waals surface area contributed by atoms with E-state index in [0.29, 0.717) is 11.3 Å². The number of amides is 1. The lowest BCUT2D eigenvalue weighted by molar-refractivity contribution is 0.102. The van der Waals surface area contributed by atoms with Gasteiger partial charge in [0.25, 0.3) is 5.91 Å². The second-order valence-corrected chi connectivity index (χ2v) is 6.59. The molecule has 2 aromatic heterocycles. The molecule has 0 spiro atoms. The summed E-state index contributed by atoms with van der Waals surface area (Å²) in [7, 11) is 0. The van der Waals surface area contributed by atoms with Gasteiger partial charge in [0.15, 0.2) is 0 Å². The van der Waals surface area contributed by atoms with Gasteiger partial charge < -0.3 is 9.72 Å². The van der Waals surface area contributed by atoms with Crippen LogP contribution in [0.4, 0.5) is 10.1 Å². The minimum atomic E-state index is -0.369. The summed E-state index contributed by atoms with van der Waals surface area (Å²) in [6.45, 7) is 3.96. The normalized spacial score (nSPS) is 10.9. The molecule has 0 atom stereocenters. The lowest BCUT2D eigenvalue weighted by Gasteiger charge is -2.10. The number of carbonyl (C=O) groups is 1. The van der Waals surface area contributed by atoms with Gasteiger partial charge in [0, 0.05) is 29.2 Å². The fourth-order valence-corrected chi connectivity index (χ4v) is 2.93. The molecule has 4 nitrogen and oxygen atoms in total. The highest BCUT2D eigenvalue weighted by Crippen LogP contribution is 2.26. The van der Waals surface area contributed by atoms with E-state index in [2.05, 4.69) is 10.3 Å². The van der Waals surface area contributed by atoms with Gasteiger partial charge in [-0.15, -0.1) is 0 Å². The molecule has 2 heterocycles. The smallest absolute Gasteiger partial charge is 0.255 e. The molecule has 0 aliphatic carbocycles. The predicted molar refractivity (Wildman–Crippen MR) is 104 cm³/mol. The van der Waals surface area contributed by atoms with Crippen molar-refractivity contribution in [1.29, 1.82) is 0 Å². The Morgan fingerprint density at radius 3 is 2.59 bits per heavy atom. The Labute approximate surface area is 156 Å². The number of aryl methyl sites for hydroxylation is 2. The van der Waals surface area contributed by atoms with E-state index in [4.69, 9.17) is 0 Å². The minimum Gasteiger partial charge on any atom is -0.322 e. The van der Waals surface area contributed by atoms with E-state index in [1.54, 1.807) is 0 Å². The summed E-state index contributed by atoms with van der Waals surface area (Å²) in [5.41, 5.74) is 5.82. The molecule has 134 valence electrons. The average Bonchev–Trinajstić information content (AvgIpc) is 3.07. The third-order valence-electron chi connectivity index (χ3n) is 4.50. The topological polar surface area (TPSA) is 46.4 Å². The molecule has 0 saturated heterocycles. The fraction of sp³-hybridized carbons (Fsp3) is 0.0909. The van der Waals surface area contributed by atoms with Crippen LogP contribution in [0.3, 0.4) is 0 Å². The first-order valence-electron chi connectivity index (χ1n) is 8.63. The number of carbonyl (C=O) groups excluding carboxylic acids is 1. The first-order valence-corrected chi connectivity index (χ1v) is 8.63. The molecule has 4 rings (SSSR count). The Balaban J connectivity index is 1.66. The van der Waals surface area contributed by atoms with Crippen LogP contribution in [-0.4, -0.2) is 15.3 Å². The van der Waals surface area contributed by atoms with Gasteiger partial charge >= 0.3 is 0 Å². The SMILES string of the molecule is Cc1ccn2cc(-c3ccc(C)c(NC(=O)c4ccc(F)cc4)c3)nc2c1. The van der Waals surface area contributed by atoms with E-state index in [1.165, 1.54) is 24.3 Å². The number of anilines is 1. The number of pyridine rings is 1. The Bertz CT molecular complexity index is 1150. The molecule has 0 bridgehead atoms. The Kier molecular flexibility index (Phi) is 4.20. The molecule has 0 fully saturated rings. The van der Waals surface area contributed by atoms with Crippen LogP contribution in [0.1, 0.15) is 21.5 Å². The predicted octanol–water partition coefficient (Wildman–Crippen LogP) is 5.01. The summed E-state index contributed by atoms with van der Waals surface area (Å²) in [5.74, 6) is -0.646. The summed E-state index contributed by atoms with van der Waals surface area (Å²) in [4.78, 5) is 17.1. The van der Waals surface area contributed by atoms with Gasteiger partial charge in [0.05, 0.1) is 5.69 Å². The van der Waals surface area contributed by atoms with Crippen molar-refractivity contribution in [3.63, 3.8) is 0 Å². The molecule has 0 radical (unpaired) electrons. The van der Waals surface area contributed by atoms with Crippen LogP contribution in [0, 0.1) is 19.7 Å². The van der Waals surface area contributed by atoms with Crippen LogP contribution in [0.2, 0.25) is 0 Å². The van der Waals surface area contributed by atoms with Crippen LogP contribution in [0.15, 0.2) is 67.0 Å². The van der Waals surface area contributed by atoms with Crippen LogP contribution in [0.25, 0.3) is 16.9 Å². The summed E-state index contributed by atoms with van der Waals surface area (Å²) in [5, 5.41) is 2.90. The molecule has 1 amide bonds. The second-order valence-electron chi connectivity index (χ2n) is 6.59. The largest absolute Gasteiger partial charge is 0.322 e. The number of fused-ring (bicyclic) bond motifs is 1. The number of rotatable bonds is 3. The van der Waals surface area contributed by atoms with Gasteiger partial charge in [-0.05, 0) is 67.4 Å². The maximum atomic E-state index is 13.1. The third kappa shape index (κ3) is 3.44. The van der Waals surface area contributed by atoms with Crippen molar-refractivity contribution in [2.45, 2.75) is 13.8 Å². The number of aromatic nitrogens is 2. The van der Waals surface area contributed by atoms with Crippen molar-refractivity contribution < 1.29 is 9.18 Å². The highest BCUT2D eigenvalue weighted by atomic mass is 19.1.